The van der Waals surface area contributed by atoms with Crippen molar-refractivity contribution in [3.63, 3.8) is 0 Å². The monoisotopic (exact) mass is 206 g/mol. The third-order valence-electron chi connectivity index (χ3n) is 1.14. The standard InChI is InChI=1S/C6H5BCl2O3/c8-4-2-1-3-5(9)6(4)12-7(10)11/h1-3,10-11H. The van der Waals surface area contributed by atoms with Crippen molar-refractivity contribution in [1.29, 1.82) is 0 Å². The molecule has 0 aliphatic carbocycles. The highest BCUT2D eigenvalue weighted by atomic mass is 35.5. The Labute approximate surface area is 79.7 Å². The van der Waals surface area contributed by atoms with Gasteiger partial charge >= 0.3 is 7.32 Å². The van der Waals surface area contributed by atoms with E-state index in [1.54, 1.807) is 6.07 Å². The van der Waals surface area contributed by atoms with E-state index in [2.05, 4.69) is 4.65 Å². The maximum Gasteiger partial charge on any atom is 0.707 e. The molecule has 0 aromatic heterocycles. The lowest BCUT2D eigenvalue weighted by molar-refractivity contribution is 0.288. The summed E-state index contributed by atoms with van der Waals surface area (Å²) in [5, 5.41) is 17.4. The SMILES string of the molecule is OB(O)Oc1c(Cl)cccc1Cl. The van der Waals surface area contributed by atoms with Crippen LogP contribution in [-0.4, -0.2) is 17.4 Å². The van der Waals surface area contributed by atoms with Crippen LogP contribution in [0, 0.1) is 0 Å². The van der Waals surface area contributed by atoms with Crippen LogP contribution < -0.4 is 4.65 Å². The third-order valence-corrected chi connectivity index (χ3v) is 1.74. The molecule has 0 saturated carbocycles. The predicted octanol–water partition coefficient (Wildman–Crippen LogP) is 1.34. The summed E-state index contributed by atoms with van der Waals surface area (Å²) >= 11 is 11.3. The van der Waals surface area contributed by atoms with Crippen LogP contribution in [0.15, 0.2) is 18.2 Å². The van der Waals surface area contributed by atoms with E-state index in [1.807, 2.05) is 0 Å². The number of para-hydroxylation sites is 1. The molecular weight excluding hydrogens is 202 g/mol. The number of rotatable bonds is 2. The molecule has 0 amide bonds. The Morgan fingerprint density at radius 1 is 1.17 bits per heavy atom. The molecule has 1 rings (SSSR count). The first-order valence-corrected chi connectivity index (χ1v) is 3.83. The van der Waals surface area contributed by atoms with Gasteiger partial charge in [-0.15, -0.1) is 0 Å². The Morgan fingerprint density at radius 2 is 1.67 bits per heavy atom. The molecule has 64 valence electrons. The van der Waals surface area contributed by atoms with Gasteiger partial charge in [-0.05, 0) is 12.1 Å². The van der Waals surface area contributed by atoms with Crippen LogP contribution in [0.5, 0.6) is 5.75 Å². The largest absolute Gasteiger partial charge is 0.707 e. The summed E-state index contributed by atoms with van der Waals surface area (Å²) in [5.41, 5.74) is 0. The van der Waals surface area contributed by atoms with E-state index in [9.17, 15) is 0 Å². The number of hydrogen-bond acceptors (Lipinski definition) is 3. The summed E-state index contributed by atoms with van der Waals surface area (Å²) < 4.78 is 4.52. The molecule has 0 radical (unpaired) electrons. The van der Waals surface area contributed by atoms with Gasteiger partial charge in [0.1, 0.15) is 5.75 Å². The highest BCUT2D eigenvalue weighted by molar-refractivity contribution is 6.39. The lowest BCUT2D eigenvalue weighted by Crippen LogP contribution is -2.20. The van der Waals surface area contributed by atoms with Crippen LogP contribution in [0.25, 0.3) is 0 Å². The fourth-order valence-corrected chi connectivity index (χ4v) is 1.19. The maximum atomic E-state index is 8.47. The Balaban J connectivity index is 2.96. The van der Waals surface area contributed by atoms with E-state index < -0.39 is 7.32 Å². The van der Waals surface area contributed by atoms with Gasteiger partial charge in [-0.1, -0.05) is 29.3 Å². The van der Waals surface area contributed by atoms with Crippen molar-refractivity contribution in [3.05, 3.63) is 28.2 Å². The topological polar surface area (TPSA) is 49.7 Å². The molecule has 12 heavy (non-hydrogen) atoms. The van der Waals surface area contributed by atoms with Crippen molar-refractivity contribution < 1.29 is 14.7 Å². The summed E-state index contributed by atoms with van der Waals surface area (Å²) in [5.74, 6) is 0.0656. The van der Waals surface area contributed by atoms with Crippen LogP contribution in [0.1, 0.15) is 0 Å². The molecule has 3 nitrogen and oxygen atoms in total. The second kappa shape index (κ2) is 4.00. The minimum Gasteiger partial charge on any atom is -0.510 e. The Bertz CT molecular complexity index is 259. The van der Waals surface area contributed by atoms with Gasteiger partial charge in [-0.2, -0.15) is 0 Å². The van der Waals surface area contributed by atoms with Crippen molar-refractivity contribution in [2.75, 3.05) is 0 Å². The zero-order valence-electron chi connectivity index (χ0n) is 5.87. The first-order valence-electron chi connectivity index (χ1n) is 3.08. The molecule has 1 aromatic carbocycles. The first kappa shape index (κ1) is 9.67. The zero-order chi connectivity index (χ0) is 9.14. The van der Waals surface area contributed by atoms with E-state index in [-0.39, 0.29) is 15.8 Å². The quantitative estimate of drug-likeness (QED) is 0.719. The molecular formula is C6H5BCl2O3. The van der Waals surface area contributed by atoms with Gasteiger partial charge in [-0.3, -0.25) is 0 Å². The van der Waals surface area contributed by atoms with Gasteiger partial charge in [0.25, 0.3) is 0 Å². The van der Waals surface area contributed by atoms with E-state index in [1.165, 1.54) is 12.1 Å². The molecule has 2 N–H and O–H groups in total. The minimum atomic E-state index is -1.91. The minimum absolute atomic E-state index is 0.0656. The van der Waals surface area contributed by atoms with E-state index in [0.29, 0.717) is 0 Å². The highest BCUT2D eigenvalue weighted by Gasteiger charge is 2.15. The van der Waals surface area contributed by atoms with Gasteiger partial charge in [0.2, 0.25) is 0 Å². The van der Waals surface area contributed by atoms with E-state index in [4.69, 9.17) is 33.2 Å². The fraction of sp³-hybridized carbons (Fsp3) is 0. The van der Waals surface area contributed by atoms with E-state index in [0.717, 1.165) is 0 Å². The maximum absolute atomic E-state index is 8.47. The number of hydrogen-bond donors (Lipinski definition) is 2. The van der Waals surface area contributed by atoms with Gasteiger partial charge in [0.05, 0.1) is 10.0 Å². The van der Waals surface area contributed by atoms with Crippen molar-refractivity contribution in [1.82, 2.24) is 0 Å². The van der Waals surface area contributed by atoms with Gasteiger partial charge in [-0.25, -0.2) is 0 Å². The van der Waals surface area contributed by atoms with Crippen LogP contribution in [0.2, 0.25) is 10.0 Å². The Kier molecular flexibility index (Phi) is 3.23. The molecule has 0 unspecified atom stereocenters. The summed E-state index contributed by atoms with van der Waals surface area (Å²) in [6.45, 7) is 0. The van der Waals surface area contributed by atoms with Gasteiger partial charge in [0, 0.05) is 0 Å². The fourth-order valence-electron chi connectivity index (χ4n) is 0.701. The summed E-state index contributed by atoms with van der Waals surface area (Å²) in [4.78, 5) is 0. The molecule has 0 heterocycles. The summed E-state index contributed by atoms with van der Waals surface area (Å²) in [6, 6.07) is 4.69. The summed E-state index contributed by atoms with van der Waals surface area (Å²) in [6.07, 6.45) is 0. The number of halogens is 2. The van der Waals surface area contributed by atoms with Gasteiger partial charge in [0.15, 0.2) is 0 Å². The Morgan fingerprint density at radius 3 is 2.08 bits per heavy atom. The lowest BCUT2D eigenvalue weighted by atomic mass is 10.2. The van der Waals surface area contributed by atoms with Crippen molar-refractivity contribution in [2.45, 2.75) is 0 Å². The molecule has 0 bridgehead atoms. The molecule has 1 aromatic rings. The van der Waals surface area contributed by atoms with Gasteiger partial charge < -0.3 is 14.7 Å². The molecule has 0 aliphatic heterocycles. The second-order valence-corrected chi connectivity index (χ2v) is 2.81. The van der Waals surface area contributed by atoms with Crippen LogP contribution in [0.4, 0.5) is 0 Å². The smallest absolute Gasteiger partial charge is 0.510 e. The average Bonchev–Trinajstić information content (AvgIpc) is 1.97. The zero-order valence-corrected chi connectivity index (χ0v) is 7.38. The Hall–Kier alpha value is -0.415. The van der Waals surface area contributed by atoms with Crippen molar-refractivity contribution in [3.8, 4) is 5.75 Å². The van der Waals surface area contributed by atoms with Crippen LogP contribution >= 0.6 is 23.2 Å². The van der Waals surface area contributed by atoms with Crippen LogP contribution in [-0.2, 0) is 0 Å². The predicted molar refractivity (Wildman–Crippen MR) is 47.3 cm³/mol. The molecule has 6 heteroatoms. The third kappa shape index (κ3) is 2.28. The number of benzene rings is 1. The first-order chi connectivity index (χ1) is 5.61. The second-order valence-electron chi connectivity index (χ2n) is 1.99. The van der Waals surface area contributed by atoms with Crippen molar-refractivity contribution >= 4 is 30.5 Å². The van der Waals surface area contributed by atoms with E-state index >= 15 is 0 Å². The molecule has 0 spiro atoms. The molecule has 0 fully saturated rings. The lowest BCUT2D eigenvalue weighted by Gasteiger charge is -2.07. The molecule has 0 saturated heterocycles. The average molecular weight is 207 g/mol. The van der Waals surface area contributed by atoms with Crippen LogP contribution in [0.3, 0.4) is 0 Å². The summed E-state index contributed by atoms with van der Waals surface area (Å²) in [7, 11) is -1.91. The van der Waals surface area contributed by atoms with Crippen molar-refractivity contribution in [2.24, 2.45) is 0 Å². The normalized spacial score (nSPS) is 9.67. The highest BCUT2D eigenvalue weighted by Crippen LogP contribution is 2.32. The molecule has 0 atom stereocenters. The molecule has 0 aliphatic rings.